The number of aromatic nitrogens is 4. The third-order valence-electron chi connectivity index (χ3n) is 3.67. The molecule has 1 N–H and O–H groups in total. The van der Waals surface area contributed by atoms with E-state index in [9.17, 15) is 4.79 Å². The van der Waals surface area contributed by atoms with Gasteiger partial charge in [0.25, 0.3) is 0 Å². The number of carbonyl (C=O) groups is 1. The largest absolute Gasteiger partial charge is 0.338 e. The van der Waals surface area contributed by atoms with E-state index in [0.29, 0.717) is 12.5 Å². The molecule has 0 atom stereocenters. The van der Waals surface area contributed by atoms with Gasteiger partial charge in [0.1, 0.15) is 5.01 Å². The molecule has 1 fully saturated rings. The summed E-state index contributed by atoms with van der Waals surface area (Å²) in [6.07, 6.45) is 3.10. The van der Waals surface area contributed by atoms with E-state index in [1.54, 1.807) is 16.2 Å². The zero-order chi connectivity index (χ0) is 14.8. The fraction of sp³-hybridized carbons (Fsp3) is 0.692. The summed E-state index contributed by atoms with van der Waals surface area (Å²) in [6.45, 7) is 6.00. The van der Waals surface area contributed by atoms with Crippen molar-refractivity contribution in [1.82, 2.24) is 30.0 Å². The van der Waals surface area contributed by atoms with Crippen LogP contribution in [0.15, 0.2) is 0 Å². The van der Waals surface area contributed by atoms with E-state index in [0.717, 1.165) is 35.3 Å². The third-order valence-corrected chi connectivity index (χ3v) is 4.62. The van der Waals surface area contributed by atoms with E-state index in [-0.39, 0.29) is 6.03 Å². The summed E-state index contributed by atoms with van der Waals surface area (Å²) in [6, 6.07) is -0.0123. The molecule has 2 aromatic heterocycles. The molecule has 3 rings (SSSR count). The summed E-state index contributed by atoms with van der Waals surface area (Å²) in [5.41, 5.74) is 0. The van der Waals surface area contributed by atoms with Gasteiger partial charge in [0, 0.05) is 32.0 Å². The van der Waals surface area contributed by atoms with Crippen LogP contribution in [0.1, 0.15) is 43.4 Å². The van der Waals surface area contributed by atoms with Crippen molar-refractivity contribution < 1.29 is 4.79 Å². The molecule has 0 bridgehead atoms. The van der Waals surface area contributed by atoms with Crippen LogP contribution in [-0.2, 0) is 6.42 Å². The van der Waals surface area contributed by atoms with Gasteiger partial charge in [-0.2, -0.15) is 9.61 Å². The Bertz CT molecular complexity index is 628. The highest BCUT2D eigenvalue weighted by Gasteiger charge is 2.29. The first-order valence-electron chi connectivity index (χ1n) is 7.46. The predicted octanol–water partition coefficient (Wildman–Crippen LogP) is 1.66. The molecule has 7 nitrogen and oxygen atoms in total. The zero-order valence-corrected chi connectivity index (χ0v) is 13.2. The highest BCUT2D eigenvalue weighted by molar-refractivity contribution is 7.16. The van der Waals surface area contributed by atoms with Crippen molar-refractivity contribution in [2.75, 3.05) is 19.6 Å². The number of hydrogen-bond acceptors (Lipinski definition) is 5. The van der Waals surface area contributed by atoms with Crippen molar-refractivity contribution in [3.05, 3.63) is 10.8 Å². The molecule has 0 saturated heterocycles. The number of nitrogens with zero attached hydrogens (tertiary/aromatic N) is 5. The van der Waals surface area contributed by atoms with Gasteiger partial charge in [-0.3, -0.25) is 0 Å². The summed E-state index contributed by atoms with van der Waals surface area (Å²) in [4.78, 5) is 14.5. The highest BCUT2D eigenvalue weighted by Crippen LogP contribution is 2.39. The molecule has 21 heavy (non-hydrogen) atoms. The van der Waals surface area contributed by atoms with Crippen LogP contribution in [0.5, 0.6) is 0 Å². The van der Waals surface area contributed by atoms with Gasteiger partial charge in [-0.25, -0.2) is 4.79 Å². The second-order valence-corrected chi connectivity index (χ2v) is 6.22. The first kappa shape index (κ1) is 14.2. The molecule has 0 radical (unpaired) electrons. The lowest BCUT2D eigenvalue weighted by Gasteiger charge is -2.18. The number of hydrogen-bond donors (Lipinski definition) is 1. The lowest BCUT2D eigenvalue weighted by Crippen LogP contribution is -2.40. The minimum Gasteiger partial charge on any atom is -0.338 e. The Hall–Kier alpha value is -1.70. The normalized spacial score (nSPS) is 14.6. The minimum atomic E-state index is -0.0123. The monoisotopic (exact) mass is 308 g/mol. The quantitative estimate of drug-likeness (QED) is 0.880. The van der Waals surface area contributed by atoms with Crippen molar-refractivity contribution in [2.45, 2.75) is 39.0 Å². The smallest absolute Gasteiger partial charge is 0.317 e. The molecule has 8 heteroatoms. The Morgan fingerprint density at radius 3 is 2.81 bits per heavy atom. The van der Waals surface area contributed by atoms with E-state index in [4.69, 9.17) is 0 Å². The topological polar surface area (TPSA) is 75.4 Å². The summed E-state index contributed by atoms with van der Waals surface area (Å²) < 4.78 is 1.86. The van der Waals surface area contributed by atoms with Crippen LogP contribution in [0.25, 0.3) is 4.96 Å². The van der Waals surface area contributed by atoms with Gasteiger partial charge < -0.3 is 10.2 Å². The third kappa shape index (κ3) is 2.99. The molecular weight excluding hydrogens is 288 g/mol. The Kier molecular flexibility index (Phi) is 4.05. The van der Waals surface area contributed by atoms with Crippen molar-refractivity contribution in [1.29, 1.82) is 0 Å². The number of amides is 2. The van der Waals surface area contributed by atoms with Gasteiger partial charge in [0.15, 0.2) is 5.82 Å². The molecule has 1 aliphatic carbocycles. The van der Waals surface area contributed by atoms with Crippen LogP contribution in [-0.4, -0.2) is 50.4 Å². The van der Waals surface area contributed by atoms with E-state index >= 15 is 0 Å². The standard InChI is InChI=1S/C13H20N6OS/c1-3-18(4-2)12(20)14-8-7-10-17-19-11(9-5-6-9)15-16-13(19)21-10/h9H,3-8H2,1-2H3,(H,14,20). The van der Waals surface area contributed by atoms with Crippen LogP contribution in [0.4, 0.5) is 4.79 Å². The molecule has 0 unspecified atom stereocenters. The Morgan fingerprint density at radius 2 is 2.14 bits per heavy atom. The summed E-state index contributed by atoms with van der Waals surface area (Å²) in [7, 11) is 0. The van der Waals surface area contributed by atoms with Crippen LogP contribution >= 0.6 is 11.3 Å². The van der Waals surface area contributed by atoms with Crippen LogP contribution < -0.4 is 5.32 Å². The van der Waals surface area contributed by atoms with Crippen LogP contribution in [0, 0.1) is 0 Å². The number of urea groups is 1. The number of carbonyl (C=O) groups excluding carboxylic acids is 1. The second kappa shape index (κ2) is 5.97. The Morgan fingerprint density at radius 1 is 1.38 bits per heavy atom. The fourth-order valence-electron chi connectivity index (χ4n) is 2.27. The molecule has 0 aromatic carbocycles. The molecule has 2 heterocycles. The molecule has 2 aromatic rings. The van der Waals surface area contributed by atoms with Crippen LogP contribution in [0.2, 0.25) is 0 Å². The van der Waals surface area contributed by atoms with Gasteiger partial charge >= 0.3 is 6.03 Å². The van der Waals surface area contributed by atoms with E-state index in [1.165, 1.54) is 12.8 Å². The predicted molar refractivity (Wildman–Crippen MR) is 80.7 cm³/mol. The van der Waals surface area contributed by atoms with E-state index in [2.05, 4.69) is 20.6 Å². The van der Waals surface area contributed by atoms with Crippen LogP contribution in [0.3, 0.4) is 0 Å². The van der Waals surface area contributed by atoms with Crippen molar-refractivity contribution in [3.63, 3.8) is 0 Å². The zero-order valence-electron chi connectivity index (χ0n) is 12.4. The minimum absolute atomic E-state index is 0.0123. The average Bonchev–Trinajstić information content (AvgIpc) is 3.11. The lowest BCUT2D eigenvalue weighted by molar-refractivity contribution is 0.203. The maximum absolute atomic E-state index is 11.8. The number of fused-ring (bicyclic) bond motifs is 1. The maximum atomic E-state index is 11.8. The molecule has 0 aliphatic heterocycles. The van der Waals surface area contributed by atoms with Gasteiger partial charge in [0.2, 0.25) is 4.96 Å². The van der Waals surface area contributed by atoms with Gasteiger partial charge in [0.05, 0.1) is 0 Å². The molecule has 114 valence electrons. The van der Waals surface area contributed by atoms with Gasteiger partial charge in [-0.15, -0.1) is 10.2 Å². The Balaban J connectivity index is 1.57. The van der Waals surface area contributed by atoms with E-state index < -0.39 is 0 Å². The summed E-state index contributed by atoms with van der Waals surface area (Å²) >= 11 is 1.55. The second-order valence-electron chi connectivity index (χ2n) is 5.18. The average molecular weight is 308 g/mol. The van der Waals surface area contributed by atoms with Gasteiger partial charge in [-0.05, 0) is 26.7 Å². The SMILES string of the molecule is CCN(CC)C(=O)NCCc1nn2c(C3CC3)nnc2s1. The summed E-state index contributed by atoms with van der Waals surface area (Å²) in [5.74, 6) is 1.52. The highest BCUT2D eigenvalue weighted by atomic mass is 32.1. The Labute approximate surface area is 127 Å². The van der Waals surface area contributed by atoms with E-state index in [1.807, 2.05) is 18.4 Å². The van der Waals surface area contributed by atoms with Crippen molar-refractivity contribution in [3.8, 4) is 0 Å². The van der Waals surface area contributed by atoms with Crippen molar-refractivity contribution in [2.24, 2.45) is 0 Å². The van der Waals surface area contributed by atoms with Crippen molar-refractivity contribution >= 4 is 22.3 Å². The molecule has 1 aliphatic rings. The molecule has 0 spiro atoms. The molecule has 2 amide bonds. The molecule has 1 saturated carbocycles. The summed E-state index contributed by atoms with van der Waals surface area (Å²) in [5, 5.41) is 16.8. The maximum Gasteiger partial charge on any atom is 0.317 e. The molecular formula is C13H20N6OS. The fourth-order valence-corrected chi connectivity index (χ4v) is 3.11. The first-order valence-corrected chi connectivity index (χ1v) is 8.28. The lowest BCUT2D eigenvalue weighted by atomic mass is 10.4. The van der Waals surface area contributed by atoms with Gasteiger partial charge in [-0.1, -0.05) is 11.3 Å². The first-order chi connectivity index (χ1) is 10.2. The number of nitrogens with one attached hydrogen (secondary N) is 1. The number of rotatable bonds is 6.